The van der Waals surface area contributed by atoms with Crippen molar-refractivity contribution in [2.75, 3.05) is 7.11 Å². The van der Waals surface area contributed by atoms with E-state index in [0.717, 1.165) is 4.90 Å². The summed E-state index contributed by atoms with van der Waals surface area (Å²) in [6.45, 7) is 1.64. The van der Waals surface area contributed by atoms with Crippen molar-refractivity contribution in [1.29, 1.82) is 0 Å². The normalized spacial score (nSPS) is 10.6. The third-order valence-electron chi connectivity index (χ3n) is 3.42. The molecule has 0 saturated carbocycles. The lowest BCUT2D eigenvalue weighted by molar-refractivity contribution is 0.0434. The maximum Gasteiger partial charge on any atom is 0.373 e. The number of carbonyl (C=O) groups is 2. The minimum Gasteiger partial charge on any atom is -0.463 e. The Kier molecular flexibility index (Phi) is 5.92. The van der Waals surface area contributed by atoms with Gasteiger partial charge in [-0.15, -0.1) is 11.8 Å². The zero-order chi connectivity index (χ0) is 19.2. The summed E-state index contributed by atoms with van der Waals surface area (Å²) in [5.74, 6) is 0.770. The van der Waals surface area contributed by atoms with E-state index in [1.165, 1.54) is 24.9 Å². The zero-order valence-corrected chi connectivity index (χ0v) is 15.4. The Labute approximate surface area is 158 Å². The fraction of sp³-hybridized carbons (Fsp3) is 0.222. The lowest BCUT2D eigenvalue weighted by Crippen LogP contribution is -2.06. The summed E-state index contributed by atoms with van der Waals surface area (Å²) in [5, 5.41) is 3.74. The molecule has 0 N–H and O–H groups in total. The van der Waals surface area contributed by atoms with Gasteiger partial charge in [0.2, 0.25) is 11.7 Å². The van der Waals surface area contributed by atoms with Crippen LogP contribution in [-0.4, -0.2) is 29.2 Å². The van der Waals surface area contributed by atoms with Crippen LogP contribution >= 0.6 is 11.8 Å². The van der Waals surface area contributed by atoms with Crippen LogP contribution in [0.4, 0.5) is 0 Å². The van der Waals surface area contributed by atoms with Crippen molar-refractivity contribution in [3.8, 4) is 0 Å². The van der Waals surface area contributed by atoms with Crippen LogP contribution in [0.2, 0.25) is 0 Å². The standard InChI is InChI=1S/C18H16N2O6S/c1-11-19-16(26-20-11)10-27-15-6-4-3-5-13(15)17(21)24-9-12-7-8-14(25-12)18(22)23-2/h3-8H,9-10H2,1-2H3. The van der Waals surface area contributed by atoms with E-state index in [-0.39, 0.29) is 12.4 Å². The fourth-order valence-corrected chi connectivity index (χ4v) is 3.06. The lowest BCUT2D eigenvalue weighted by Gasteiger charge is -2.07. The molecule has 2 heterocycles. The average molecular weight is 388 g/mol. The molecular weight excluding hydrogens is 372 g/mol. The lowest BCUT2D eigenvalue weighted by atomic mass is 10.2. The molecule has 1 aromatic carbocycles. The highest BCUT2D eigenvalue weighted by Crippen LogP contribution is 2.26. The molecule has 0 aliphatic carbocycles. The smallest absolute Gasteiger partial charge is 0.373 e. The molecule has 0 fully saturated rings. The van der Waals surface area contributed by atoms with Crippen molar-refractivity contribution in [3.63, 3.8) is 0 Å². The number of furan rings is 1. The molecule has 0 radical (unpaired) electrons. The van der Waals surface area contributed by atoms with Crippen molar-refractivity contribution in [2.24, 2.45) is 0 Å². The molecule has 3 aromatic rings. The number of benzene rings is 1. The van der Waals surface area contributed by atoms with Crippen LogP contribution in [-0.2, 0) is 21.8 Å². The second-order valence-corrected chi connectivity index (χ2v) is 6.37. The van der Waals surface area contributed by atoms with Crippen LogP contribution in [0, 0.1) is 6.92 Å². The summed E-state index contributed by atoms with van der Waals surface area (Å²) in [7, 11) is 1.26. The second kappa shape index (κ2) is 8.54. The maximum atomic E-state index is 12.4. The second-order valence-electron chi connectivity index (χ2n) is 5.35. The summed E-state index contributed by atoms with van der Waals surface area (Å²) in [4.78, 5) is 28.7. The first kappa shape index (κ1) is 18.7. The third-order valence-corrected chi connectivity index (χ3v) is 4.48. The molecule has 0 amide bonds. The van der Waals surface area contributed by atoms with Gasteiger partial charge >= 0.3 is 11.9 Å². The largest absolute Gasteiger partial charge is 0.463 e. The summed E-state index contributed by atoms with van der Waals surface area (Å²) in [6.07, 6.45) is 0. The average Bonchev–Trinajstić information content (AvgIpc) is 3.33. The van der Waals surface area contributed by atoms with Gasteiger partial charge in [-0.25, -0.2) is 9.59 Å². The van der Waals surface area contributed by atoms with Crippen LogP contribution in [0.5, 0.6) is 0 Å². The van der Waals surface area contributed by atoms with Crippen molar-refractivity contribution < 1.29 is 28.0 Å². The molecule has 27 heavy (non-hydrogen) atoms. The van der Waals surface area contributed by atoms with Crippen LogP contribution < -0.4 is 0 Å². The van der Waals surface area contributed by atoms with Gasteiger partial charge in [0, 0.05) is 4.90 Å². The molecule has 0 unspecified atom stereocenters. The molecule has 0 atom stereocenters. The highest BCUT2D eigenvalue weighted by Gasteiger charge is 2.16. The number of hydrogen-bond acceptors (Lipinski definition) is 9. The van der Waals surface area contributed by atoms with Gasteiger partial charge in [0.05, 0.1) is 18.4 Å². The molecule has 8 nitrogen and oxygen atoms in total. The fourth-order valence-electron chi connectivity index (χ4n) is 2.18. The summed E-state index contributed by atoms with van der Waals surface area (Å²) in [6, 6.07) is 10.1. The van der Waals surface area contributed by atoms with Crippen molar-refractivity contribution in [3.05, 3.63) is 65.2 Å². The highest BCUT2D eigenvalue weighted by molar-refractivity contribution is 7.98. The summed E-state index contributed by atoms with van der Waals surface area (Å²) in [5.41, 5.74) is 0.415. The van der Waals surface area contributed by atoms with Crippen LogP contribution in [0.1, 0.15) is 38.4 Å². The molecule has 140 valence electrons. The topological polar surface area (TPSA) is 105 Å². The number of thioether (sulfide) groups is 1. The van der Waals surface area contributed by atoms with E-state index in [1.807, 2.05) is 12.1 Å². The number of ether oxygens (including phenoxy) is 2. The Balaban J connectivity index is 1.62. The quantitative estimate of drug-likeness (QED) is 0.445. The number of nitrogens with zero attached hydrogens (tertiary/aromatic N) is 2. The van der Waals surface area contributed by atoms with Crippen LogP contribution in [0.25, 0.3) is 0 Å². The molecule has 0 aliphatic heterocycles. The van der Waals surface area contributed by atoms with Crippen LogP contribution in [0.15, 0.2) is 50.2 Å². The Hall–Kier alpha value is -3.07. The third kappa shape index (κ3) is 4.76. The van der Waals surface area contributed by atoms with Gasteiger partial charge in [-0.05, 0) is 31.2 Å². The molecule has 0 saturated heterocycles. The predicted octanol–water partition coefficient (Wildman–Crippen LogP) is 3.41. The minimum absolute atomic E-state index is 0.0503. The van der Waals surface area contributed by atoms with E-state index in [2.05, 4.69) is 14.9 Å². The summed E-state index contributed by atoms with van der Waals surface area (Å²) >= 11 is 1.39. The van der Waals surface area contributed by atoms with E-state index in [1.54, 1.807) is 25.1 Å². The Bertz CT molecular complexity index is 949. The van der Waals surface area contributed by atoms with Gasteiger partial charge in [0.25, 0.3) is 0 Å². The van der Waals surface area contributed by atoms with E-state index in [4.69, 9.17) is 13.7 Å². The van der Waals surface area contributed by atoms with Gasteiger partial charge in [0.15, 0.2) is 5.82 Å². The van der Waals surface area contributed by atoms with Crippen molar-refractivity contribution in [1.82, 2.24) is 10.1 Å². The number of hydrogen-bond donors (Lipinski definition) is 0. The maximum absolute atomic E-state index is 12.4. The van der Waals surface area contributed by atoms with Gasteiger partial charge in [-0.1, -0.05) is 17.3 Å². The monoisotopic (exact) mass is 388 g/mol. The highest BCUT2D eigenvalue weighted by atomic mass is 32.2. The number of aryl methyl sites for hydroxylation is 1. The van der Waals surface area contributed by atoms with E-state index < -0.39 is 11.9 Å². The molecule has 0 bridgehead atoms. The SMILES string of the molecule is COC(=O)c1ccc(COC(=O)c2ccccc2SCc2nc(C)no2)o1. The molecular formula is C18H16N2O6S. The van der Waals surface area contributed by atoms with Crippen LogP contribution in [0.3, 0.4) is 0 Å². The van der Waals surface area contributed by atoms with Gasteiger partial charge in [-0.3, -0.25) is 0 Å². The summed E-state index contributed by atoms with van der Waals surface area (Å²) < 4.78 is 20.2. The number of aromatic nitrogens is 2. The number of methoxy groups -OCH3 is 1. The molecule has 2 aromatic heterocycles. The predicted molar refractivity (Wildman–Crippen MR) is 94.2 cm³/mol. The number of rotatable bonds is 7. The van der Waals surface area contributed by atoms with Gasteiger partial charge in [-0.2, -0.15) is 4.98 Å². The molecule has 3 rings (SSSR count). The molecule has 0 aliphatic rings. The first-order chi connectivity index (χ1) is 13.1. The zero-order valence-electron chi connectivity index (χ0n) is 14.6. The Morgan fingerprint density at radius 1 is 1.15 bits per heavy atom. The number of esters is 2. The van der Waals surface area contributed by atoms with E-state index >= 15 is 0 Å². The first-order valence-corrected chi connectivity index (χ1v) is 8.90. The Morgan fingerprint density at radius 3 is 2.70 bits per heavy atom. The van der Waals surface area contributed by atoms with E-state index in [9.17, 15) is 9.59 Å². The van der Waals surface area contributed by atoms with Gasteiger partial charge in [0.1, 0.15) is 12.4 Å². The van der Waals surface area contributed by atoms with Crippen molar-refractivity contribution >= 4 is 23.7 Å². The Morgan fingerprint density at radius 2 is 1.96 bits per heavy atom. The first-order valence-electron chi connectivity index (χ1n) is 7.92. The van der Waals surface area contributed by atoms with Gasteiger partial charge < -0.3 is 18.4 Å². The van der Waals surface area contributed by atoms with Crippen molar-refractivity contribution in [2.45, 2.75) is 24.2 Å². The number of carbonyl (C=O) groups excluding carboxylic acids is 2. The van der Waals surface area contributed by atoms with E-state index in [0.29, 0.717) is 28.8 Å². The minimum atomic E-state index is -0.592. The molecule has 9 heteroatoms. The molecule has 0 spiro atoms.